The van der Waals surface area contributed by atoms with E-state index in [0.717, 1.165) is 16.8 Å². The molecule has 7 heteroatoms. The SMILES string of the molecule is COc1ccc(-c2nc(-c3cccc(-c4ccnn4C)c3)no2)cc1F. The molecule has 6 nitrogen and oxygen atoms in total. The second kappa shape index (κ2) is 6.44. The number of rotatable bonds is 4. The first-order valence-electron chi connectivity index (χ1n) is 7.92. The molecule has 2 aromatic carbocycles. The molecule has 0 bridgehead atoms. The molecule has 4 rings (SSSR count). The number of nitrogens with zero attached hydrogens (tertiary/aromatic N) is 4. The number of hydrogen-bond donors (Lipinski definition) is 0. The number of ether oxygens (including phenoxy) is 1. The molecule has 0 aliphatic carbocycles. The van der Waals surface area contributed by atoms with E-state index < -0.39 is 5.82 Å². The smallest absolute Gasteiger partial charge is 0.258 e. The third-order valence-corrected chi connectivity index (χ3v) is 4.06. The van der Waals surface area contributed by atoms with Crippen LogP contribution in [0.15, 0.2) is 59.3 Å². The van der Waals surface area contributed by atoms with Crippen molar-refractivity contribution < 1.29 is 13.7 Å². The van der Waals surface area contributed by atoms with Gasteiger partial charge in [-0.2, -0.15) is 10.1 Å². The van der Waals surface area contributed by atoms with Crippen LogP contribution in [0.3, 0.4) is 0 Å². The maximum atomic E-state index is 13.9. The zero-order valence-electron chi connectivity index (χ0n) is 14.2. The van der Waals surface area contributed by atoms with Gasteiger partial charge in [-0.25, -0.2) is 4.39 Å². The average molecular weight is 350 g/mol. The molecular weight excluding hydrogens is 335 g/mol. The number of halogens is 1. The Labute approximate surface area is 148 Å². The van der Waals surface area contributed by atoms with Crippen LogP contribution in [0.25, 0.3) is 34.1 Å². The van der Waals surface area contributed by atoms with Crippen molar-refractivity contribution in [3.63, 3.8) is 0 Å². The molecule has 2 aromatic heterocycles. The van der Waals surface area contributed by atoms with Gasteiger partial charge in [0.2, 0.25) is 5.82 Å². The summed E-state index contributed by atoms with van der Waals surface area (Å²) in [7, 11) is 3.30. The zero-order valence-corrected chi connectivity index (χ0v) is 14.2. The quantitative estimate of drug-likeness (QED) is 0.557. The summed E-state index contributed by atoms with van der Waals surface area (Å²) in [4.78, 5) is 4.38. The summed E-state index contributed by atoms with van der Waals surface area (Å²) in [6.07, 6.45) is 1.74. The van der Waals surface area contributed by atoms with Gasteiger partial charge in [-0.05, 0) is 30.3 Å². The van der Waals surface area contributed by atoms with Crippen molar-refractivity contribution in [3.05, 3.63) is 60.5 Å². The highest BCUT2D eigenvalue weighted by Gasteiger charge is 2.14. The Morgan fingerprint density at radius 1 is 1.04 bits per heavy atom. The molecule has 130 valence electrons. The van der Waals surface area contributed by atoms with Gasteiger partial charge in [0, 0.05) is 29.9 Å². The van der Waals surface area contributed by atoms with Crippen molar-refractivity contribution in [2.45, 2.75) is 0 Å². The summed E-state index contributed by atoms with van der Waals surface area (Å²) in [5.74, 6) is 0.355. The summed E-state index contributed by atoms with van der Waals surface area (Å²) in [5, 5.41) is 8.20. The molecule has 0 amide bonds. The van der Waals surface area contributed by atoms with Crippen molar-refractivity contribution in [2.75, 3.05) is 7.11 Å². The summed E-state index contributed by atoms with van der Waals surface area (Å²) in [5.41, 5.74) is 3.26. The minimum Gasteiger partial charge on any atom is -0.494 e. The molecule has 2 heterocycles. The maximum absolute atomic E-state index is 13.9. The van der Waals surface area contributed by atoms with Gasteiger partial charge in [0.15, 0.2) is 11.6 Å². The summed E-state index contributed by atoms with van der Waals surface area (Å²) in [6, 6.07) is 14.2. The molecular formula is C19H15FN4O2. The fraction of sp³-hybridized carbons (Fsp3) is 0.105. The number of hydrogen-bond acceptors (Lipinski definition) is 5. The normalized spacial score (nSPS) is 10.9. The number of benzene rings is 2. The van der Waals surface area contributed by atoms with E-state index >= 15 is 0 Å². The monoisotopic (exact) mass is 350 g/mol. The molecule has 0 aliphatic heterocycles. The first-order chi connectivity index (χ1) is 12.7. The van der Waals surface area contributed by atoms with Gasteiger partial charge in [-0.3, -0.25) is 4.68 Å². The van der Waals surface area contributed by atoms with Crippen LogP contribution in [0.5, 0.6) is 5.75 Å². The van der Waals surface area contributed by atoms with Crippen LogP contribution in [0, 0.1) is 5.82 Å². The van der Waals surface area contributed by atoms with E-state index in [4.69, 9.17) is 9.26 Å². The Hall–Kier alpha value is -3.48. The minimum absolute atomic E-state index is 0.164. The Balaban J connectivity index is 1.68. The average Bonchev–Trinajstić information content (AvgIpc) is 3.31. The van der Waals surface area contributed by atoms with Crippen LogP contribution in [-0.4, -0.2) is 27.0 Å². The highest BCUT2D eigenvalue weighted by molar-refractivity contribution is 5.68. The van der Waals surface area contributed by atoms with E-state index in [2.05, 4.69) is 15.2 Å². The van der Waals surface area contributed by atoms with E-state index in [9.17, 15) is 4.39 Å². The lowest BCUT2D eigenvalue weighted by molar-refractivity contribution is 0.386. The van der Waals surface area contributed by atoms with Gasteiger partial charge in [0.1, 0.15) is 0 Å². The van der Waals surface area contributed by atoms with Crippen LogP contribution in [0.4, 0.5) is 4.39 Å². The fourth-order valence-electron chi connectivity index (χ4n) is 2.73. The van der Waals surface area contributed by atoms with Crippen molar-refractivity contribution in [2.24, 2.45) is 7.05 Å². The highest BCUT2D eigenvalue weighted by atomic mass is 19.1. The van der Waals surface area contributed by atoms with Crippen molar-refractivity contribution in [1.82, 2.24) is 19.9 Å². The van der Waals surface area contributed by atoms with Gasteiger partial charge in [-0.15, -0.1) is 0 Å². The molecule has 0 spiro atoms. The van der Waals surface area contributed by atoms with Crippen LogP contribution in [0.1, 0.15) is 0 Å². The van der Waals surface area contributed by atoms with Gasteiger partial charge in [0.25, 0.3) is 5.89 Å². The van der Waals surface area contributed by atoms with Crippen LogP contribution >= 0.6 is 0 Å². The first-order valence-corrected chi connectivity index (χ1v) is 7.92. The molecule has 0 unspecified atom stereocenters. The molecule has 0 N–H and O–H groups in total. The summed E-state index contributed by atoms with van der Waals surface area (Å²) >= 11 is 0. The van der Waals surface area contributed by atoms with Crippen LogP contribution < -0.4 is 4.74 Å². The molecule has 0 saturated carbocycles. The van der Waals surface area contributed by atoms with Crippen molar-refractivity contribution in [3.8, 4) is 39.8 Å². The summed E-state index contributed by atoms with van der Waals surface area (Å²) < 4.78 is 25.9. The van der Waals surface area contributed by atoms with E-state index in [0.29, 0.717) is 11.4 Å². The fourth-order valence-corrected chi connectivity index (χ4v) is 2.73. The molecule has 26 heavy (non-hydrogen) atoms. The van der Waals surface area contributed by atoms with Gasteiger partial charge in [0.05, 0.1) is 12.8 Å². The van der Waals surface area contributed by atoms with Gasteiger partial charge in [-0.1, -0.05) is 23.4 Å². The first kappa shape index (κ1) is 16.0. The van der Waals surface area contributed by atoms with E-state index in [1.165, 1.54) is 19.2 Å². The predicted molar refractivity (Wildman–Crippen MR) is 93.9 cm³/mol. The standard InChI is InChI=1S/C19H15FN4O2/c1-24-16(8-9-21-24)12-4-3-5-13(10-12)18-22-19(26-23-18)14-6-7-17(25-2)15(20)11-14/h3-11H,1-2H3. The lowest BCUT2D eigenvalue weighted by Crippen LogP contribution is -1.93. The Kier molecular flexibility index (Phi) is 3.96. The van der Waals surface area contributed by atoms with Gasteiger partial charge < -0.3 is 9.26 Å². The zero-order chi connectivity index (χ0) is 18.1. The third-order valence-electron chi connectivity index (χ3n) is 4.06. The molecule has 0 saturated heterocycles. The van der Waals surface area contributed by atoms with Crippen molar-refractivity contribution in [1.29, 1.82) is 0 Å². The lowest BCUT2D eigenvalue weighted by atomic mass is 10.1. The molecule has 0 fully saturated rings. The molecule has 4 aromatic rings. The Morgan fingerprint density at radius 2 is 1.88 bits per heavy atom. The Bertz CT molecular complexity index is 1070. The van der Waals surface area contributed by atoms with Crippen LogP contribution in [-0.2, 0) is 7.05 Å². The van der Waals surface area contributed by atoms with Gasteiger partial charge >= 0.3 is 0 Å². The molecule has 0 atom stereocenters. The van der Waals surface area contributed by atoms with Crippen LogP contribution in [0.2, 0.25) is 0 Å². The maximum Gasteiger partial charge on any atom is 0.258 e. The lowest BCUT2D eigenvalue weighted by Gasteiger charge is -2.03. The molecule has 0 aliphatic rings. The highest BCUT2D eigenvalue weighted by Crippen LogP contribution is 2.28. The minimum atomic E-state index is -0.483. The van der Waals surface area contributed by atoms with E-state index in [1.54, 1.807) is 16.9 Å². The summed E-state index contributed by atoms with van der Waals surface area (Å²) in [6.45, 7) is 0. The molecule has 0 radical (unpaired) electrons. The second-order valence-corrected chi connectivity index (χ2v) is 5.69. The largest absolute Gasteiger partial charge is 0.494 e. The Morgan fingerprint density at radius 3 is 2.62 bits per heavy atom. The topological polar surface area (TPSA) is 66.0 Å². The van der Waals surface area contributed by atoms with E-state index in [-0.39, 0.29) is 11.6 Å². The number of methoxy groups -OCH3 is 1. The van der Waals surface area contributed by atoms with E-state index in [1.807, 2.05) is 37.4 Å². The van der Waals surface area contributed by atoms with Crippen molar-refractivity contribution >= 4 is 0 Å². The number of aromatic nitrogens is 4. The second-order valence-electron chi connectivity index (χ2n) is 5.69. The number of aryl methyl sites for hydroxylation is 1. The predicted octanol–water partition coefficient (Wildman–Crippen LogP) is 3.95. The third kappa shape index (κ3) is 2.83.